The number of hydrogen-bond acceptors (Lipinski definition) is 5. The molecule has 7 heteroatoms. The molecule has 3 aromatic rings. The molecule has 120 valence electrons. The minimum atomic E-state index is -0.402. The van der Waals surface area contributed by atoms with Crippen LogP contribution in [0.1, 0.15) is 21.7 Å². The number of carbonyl (C=O) groups is 1. The van der Waals surface area contributed by atoms with Crippen LogP contribution in [-0.4, -0.2) is 27.6 Å². The number of fused-ring (bicyclic) bond motifs is 1. The van der Waals surface area contributed by atoms with Gasteiger partial charge in [-0.15, -0.1) is 0 Å². The summed E-state index contributed by atoms with van der Waals surface area (Å²) < 4.78 is 8.19. The van der Waals surface area contributed by atoms with Gasteiger partial charge in [0.2, 0.25) is 5.76 Å². The first kappa shape index (κ1) is 16.0. The van der Waals surface area contributed by atoms with E-state index in [0.717, 1.165) is 17.8 Å². The number of thioether (sulfide) groups is 1. The molecule has 0 spiro atoms. The highest BCUT2D eigenvalue weighted by atomic mass is 32.2. The van der Waals surface area contributed by atoms with Crippen molar-refractivity contribution >= 4 is 39.2 Å². The van der Waals surface area contributed by atoms with Gasteiger partial charge >= 0.3 is 5.91 Å². The van der Waals surface area contributed by atoms with E-state index in [2.05, 4.69) is 47.0 Å². The Labute approximate surface area is 142 Å². The molecule has 0 saturated heterocycles. The average Bonchev–Trinajstić information content (AvgIpc) is 3.14. The van der Waals surface area contributed by atoms with Crippen LogP contribution in [0.25, 0.3) is 10.2 Å². The summed E-state index contributed by atoms with van der Waals surface area (Å²) >= 11 is 3.31. The number of carbonyl (C=O) groups excluding carboxylic acids is 1. The summed E-state index contributed by atoms with van der Waals surface area (Å²) in [4.78, 5) is 17.2. The predicted molar refractivity (Wildman–Crippen MR) is 94.1 cm³/mol. The highest BCUT2D eigenvalue weighted by Gasteiger charge is 2.13. The van der Waals surface area contributed by atoms with E-state index < -0.39 is 5.91 Å². The van der Waals surface area contributed by atoms with E-state index in [1.807, 2.05) is 0 Å². The summed E-state index contributed by atoms with van der Waals surface area (Å²) in [6.45, 7) is 4.98. The van der Waals surface area contributed by atoms with Gasteiger partial charge in [0.15, 0.2) is 4.80 Å². The van der Waals surface area contributed by atoms with Crippen molar-refractivity contribution in [1.82, 2.24) is 9.72 Å². The normalized spacial score (nSPS) is 12.2. The minimum Gasteiger partial charge on any atom is -0.351 e. The Morgan fingerprint density at radius 2 is 2.26 bits per heavy atom. The quantitative estimate of drug-likeness (QED) is 0.726. The molecule has 0 unspecified atom stereocenters. The SMILES string of the molecule is CSCCn1c(=NC(=O)c2ccno2)sc2c(C)cc(C)cc21. The van der Waals surface area contributed by atoms with Crippen LogP contribution in [0.3, 0.4) is 0 Å². The molecule has 0 aliphatic carbocycles. The molecule has 0 bridgehead atoms. The first-order valence-electron chi connectivity index (χ1n) is 7.19. The van der Waals surface area contributed by atoms with Crippen LogP contribution in [-0.2, 0) is 6.54 Å². The first-order valence-corrected chi connectivity index (χ1v) is 9.40. The van der Waals surface area contributed by atoms with E-state index >= 15 is 0 Å². The summed E-state index contributed by atoms with van der Waals surface area (Å²) in [6, 6.07) is 5.83. The largest absolute Gasteiger partial charge is 0.351 e. The molecule has 0 N–H and O–H groups in total. The fourth-order valence-electron chi connectivity index (χ4n) is 2.46. The zero-order valence-corrected chi connectivity index (χ0v) is 14.8. The van der Waals surface area contributed by atoms with Crippen LogP contribution < -0.4 is 4.80 Å². The summed E-state index contributed by atoms with van der Waals surface area (Å²) in [5.74, 6) is 0.718. The fraction of sp³-hybridized carbons (Fsp3) is 0.312. The third-order valence-corrected chi connectivity index (χ3v) is 5.30. The molecule has 1 aromatic carbocycles. The smallest absolute Gasteiger partial charge is 0.318 e. The van der Waals surface area contributed by atoms with Gasteiger partial charge in [0.05, 0.1) is 16.4 Å². The second kappa shape index (κ2) is 6.72. The zero-order chi connectivity index (χ0) is 16.4. The Morgan fingerprint density at radius 1 is 1.43 bits per heavy atom. The second-order valence-corrected chi connectivity index (χ2v) is 7.22. The molecule has 2 heterocycles. The highest BCUT2D eigenvalue weighted by Crippen LogP contribution is 2.23. The maximum Gasteiger partial charge on any atom is 0.318 e. The Bertz CT molecular complexity index is 907. The van der Waals surface area contributed by atoms with E-state index in [1.165, 1.54) is 39.4 Å². The van der Waals surface area contributed by atoms with Gasteiger partial charge in [0, 0.05) is 18.4 Å². The van der Waals surface area contributed by atoms with Gasteiger partial charge in [-0.1, -0.05) is 22.6 Å². The van der Waals surface area contributed by atoms with Crippen LogP contribution in [0.5, 0.6) is 0 Å². The topological polar surface area (TPSA) is 60.4 Å². The number of rotatable bonds is 4. The lowest BCUT2D eigenvalue weighted by molar-refractivity contribution is 0.0962. The van der Waals surface area contributed by atoms with Crippen LogP contribution in [0.4, 0.5) is 0 Å². The Balaban J connectivity index is 2.18. The van der Waals surface area contributed by atoms with Crippen LogP contribution in [0, 0.1) is 13.8 Å². The number of benzene rings is 1. The Hall–Kier alpha value is -1.86. The van der Waals surface area contributed by atoms with E-state index in [4.69, 9.17) is 4.52 Å². The molecular weight excluding hydrogens is 330 g/mol. The molecule has 0 radical (unpaired) electrons. The van der Waals surface area contributed by atoms with Gasteiger partial charge in [-0.3, -0.25) is 4.79 Å². The van der Waals surface area contributed by atoms with Crippen molar-refractivity contribution in [2.24, 2.45) is 4.99 Å². The maximum absolute atomic E-state index is 12.2. The van der Waals surface area contributed by atoms with Crippen LogP contribution in [0.2, 0.25) is 0 Å². The van der Waals surface area contributed by atoms with Gasteiger partial charge in [0.1, 0.15) is 0 Å². The molecule has 0 aliphatic heterocycles. The summed E-state index contributed by atoms with van der Waals surface area (Å²) in [7, 11) is 0. The van der Waals surface area contributed by atoms with Crippen molar-refractivity contribution < 1.29 is 9.32 Å². The summed E-state index contributed by atoms with van der Waals surface area (Å²) in [5.41, 5.74) is 3.54. The minimum absolute atomic E-state index is 0.159. The van der Waals surface area contributed by atoms with Crippen LogP contribution in [0.15, 0.2) is 33.9 Å². The molecule has 3 rings (SSSR count). The third-order valence-electron chi connectivity index (χ3n) is 3.48. The van der Waals surface area contributed by atoms with Crippen molar-refractivity contribution in [3.05, 3.63) is 46.1 Å². The molecule has 1 amide bonds. The standard InChI is InChI=1S/C16H17N3O2S2/c1-10-8-11(2)14-12(9-10)19(6-7-22-3)16(23-14)18-15(20)13-4-5-17-21-13/h4-5,8-9H,6-7H2,1-3H3. The molecule has 0 fully saturated rings. The molecule has 2 aromatic heterocycles. The van der Waals surface area contributed by atoms with Gasteiger partial charge in [-0.05, 0) is 37.3 Å². The second-order valence-electron chi connectivity index (χ2n) is 5.25. The number of hydrogen-bond donors (Lipinski definition) is 0. The van der Waals surface area contributed by atoms with Gasteiger partial charge in [0.25, 0.3) is 0 Å². The lowest BCUT2D eigenvalue weighted by atomic mass is 10.1. The van der Waals surface area contributed by atoms with Gasteiger partial charge in [-0.2, -0.15) is 16.8 Å². The molecule has 0 aliphatic rings. The predicted octanol–water partition coefficient (Wildman–Crippen LogP) is 3.41. The van der Waals surface area contributed by atoms with Crippen molar-refractivity contribution in [2.45, 2.75) is 20.4 Å². The molecular formula is C16H17N3O2S2. The first-order chi connectivity index (χ1) is 11.1. The van der Waals surface area contributed by atoms with E-state index in [-0.39, 0.29) is 5.76 Å². The monoisotopic (exact) mass is 347 g/mol. The molecule has 23 heavy (non-hydrogen) atoms. The average molecular weight is 347 g/mol. The Morgan fingerprint density at radius 3 is 2.96 bits per heavy atom. The molecule has 0 atom stereocenters. The van der Waals surface area contributed by atoms with E-state index in [1.54, 1.807) is 11.8 Å². The summed E-state index contributed by atoms with van der Waals surface area (Å²) in [5, 5.41) is 3.56. The maximum atomic E-state index is 12.2. The van der Waals surface area contributed by atoms with Crippen molar-refractivity contribution in [1.29, 1.82) is 0 Å². The van der Waals surface area contributed by atoms with E-state index in [9.17, 15) is 4.79 Å². The third kappa shape index (κ3) is 3.25. The lowest BCUT2D eigenvalue weighted by Crippen LogP contribution is -2.18. The lowest BCUT2D eigenvalue weighted by Gasteiger charge is -2.05. The van der Waals surface area contributed by atoms with Gasteiger partial charge in [-0.25, -0.2) is 0 Å². The van der Waals surface area contributed by atoms with Crippen molar-refractivity contribution in [2.75, 3.05) is 12.0 Å². The van der Waals surface area contributed by atoms with Crippen LogP contribution >= 0.6 is 23.1 Å². The summed E-state index contributed by atoms with van der Waals surface area (Å²) in [6.07, 6.45) is 3.52. The number of aryl methyl sites for hydroxylation is 3. The van der Waals surface area contributed by atoms with Crippen molar-refractivity contribution in [3.8, 4) is 0 Å². The number of thiazole rings is 1. The zero-order valence-electron chi connectivity index (χ0n) is 13.2. The number of aromatic nitrogens is 2. The van der Waals surface area contributed by atoms with Crippen molar-refractivity contribution in [3.63, 3.8) is 0 Å². The molecule has 0 saturated carbocycles. The van der Waals surface area contributed by atoms with Gasteiger partial charge < -0.3 is 9.09 Å². The fourth-order valence-corrected chi connectivity index (χ4v) is 3.93. The Kier molecular flexibility index (Phi) is 4.68. The molecule has 5 nitrogen and oxygen atoms in total. The highest BCUT2D eigenvalue weighted by molar-refractivity contribution is 7.98. The number of amides is 1. The number of nitrogens with zero attached hydrogens (tertiary/aromatic N) is 3. The van der Waals surface area contributed by atoms with E-state index in [0.29, 0.717) is 4.80 Å².